The summed E-state index contributed by atoms with van der Waals surface area (Å²) < 4.78 is 5.76. The van der Waals surface area contributed by atoms with Crippen molar-refractivity contribution >= 4 is 0 Å². The molecular formula is C21H25N5O. The molecule has 0 fully saturated rings. The van der Waals surface area contributed by atoms with Crippen LogP contribution in [0.3, 0.4) is 0 Å². The molecule has 2 heterocycles. The van der Waals surface area contributed by atoms with Crippen LogP contribution in [0.25, 0.3) is 0 Å². The van der Waals surface area contributed by atoms with E-state index in [1.54, 1.807) is 24.7 Å². The van der Waals surface area contributed by atoms with Crippen LogP contribution in [-0.4, -0.2) is 51.9 Å². The molecule has 3 rings (SSSR count). The first-order valence-electron chi connectivity index (χ1n) is 8.99. The molecular weight excluding hydrogens is 338 g/mol. The number of likely N-dealkylation sites (N-methyl/N-ethyl adjacent to an activating group) is 1. The van der Waals surface area contributed by atoms with Gasteiger partial charge in [0.05, 0.1) is 0 Å². The van der Waals surface area contributed by atoms with Gasteiger partial charge >= 0.3 is 6.01 Å². The van der Waals surface area contributed by atoms with Gasteiger partial charge in [0.1, 0.15) is 5.75 Å². The maximum absolute atomic E-state index is 5.76. The molecule has 0 aliphatic rings. The van der Waals surface area contributed by atoms with E-state index in [1.165, 1.54) is 11.1 Å². The molecule has 0 amide bonds. The molecule has 0 N–H and O–H groups in total. The Labute approximate surface area is 160 Å². The molecule has 0 atom stereocenters. The van der Waals surface area contributed by atoms with E-state index in [-0.39, 0.29) is 0 Å². The SMILES string of the molecule is CN(C)CCN(Cc1cccnc1)Cc1cccc(Oc2ncccn2)c1. The van der Waals surface area contributed by atoms with Gasteiger partial charge in [-0.05, 0) is 49.5 Å². The van der Waals surface area contributed by atoms with Crippen LogP contribution in [0.5, 0.6) is 11.8 Å². The van der Waals surface area contributed by atoms with Crippen molar-refractivity contribution in [1.29, 1.82) is 0 Å². The minimum atomic E-state index is 0.356. The van der Waals surface area contributed by atoms with Crippen molar-refractivity contribution in [3.8, 4) is 11.8 Å². The fourth-order valence-electron chi connectivity index (χ4n) is 2.71. The Morgan fingerprint density at radius 2 is 1.63 bits per heavy atom. The van der Waals surface area contributed by atoms with Crippen LogP contribution >= 0.6 is 0 Å². The summed E-state index contributed by atoms with van der Waals surface area (Å²) in [6.45, 7) is 3.65. The van der Waals surface area contributed by atoms with Crippen LogP contribution in [0.15, 0.2) is 67.3 Å². The third-order valence-corrected chi connectivity index (χ3v) is 4.05. The predicted octanol–water partition coefficient (Wildman–Crippen LogP) is 3.23. The summed E-state index contributed by atoms with van der Waals surface area (Å²) in [6.07, 6.45) is 7.07. The average molecular weight is 363 g/mol. The molecule has 0 aliphatic heterocycles. The first-order chi connectivity index (χ1) is 13.2. The van der Waals surface area contributed by atoms with Crippen molar-refractivity contribution in [3.63, 3.8) is 0 Å². The van der Waals surface area contributed by atoms with Crippen LogP contribution in [-0.2, 0) is 13.1 Å². The van der Waals surface area contributed by atoms with E-state index in [0.29, 0.717) is 6.01 Å². The van der Waals surface area contributed by atoms with Gasteiger partial charge in [-0.15, -0.1) is 0 Å². The molecule has 0 aliphatic carbocycles. The van der Waals surface area contributed by atoms with E-state index in [1.807, 2.05) is 30.5 Å². The molecule has 0 bridgehead atoms. The van der Waals surface area contributed by atoms with Crippen LogP contribution in [0.4, 0.5) is 0 Å². The standard InChI is InChI=1S/C21H25N5O/c1-25(2)12-13-26(17-19-7-4-9-22-15-19)16-18-6-3-8-20(14-18)27-21-23-10-5-11-24-21/h3-11,14-15H,12-13,16-17H2,1-2H3. The number of rotatable bonds is 9. The molecule has 0 unspecified atom stereocenters. The van der Waals surface area contributed by atoms with Crippen molar-refractivity contribution in [2.24, 2.45) is 0 Å². The van der Waals surface area contributed by atoms with Gasteiger partial charge in [-0.2, -0.15) is 0 Å². The summed E-state index contributed by atoms with van der Waals surface area (Å²) in [5.74, 6) is 0.743. The number of nitrogens with zero attached hydrogens (tertiary/aromatic N) is 5. The lowest BCUT2D eigenvalue weighted by Crippen LogP contribution is -2.31. The van der Waals surface area contributed by atoms with Crippen molar-refractivity contribution in [1.82, 2.24) is 24.8 Å². The van der Waals surface area contributed by atoms with E-state index in [2.05, 4.69) is 51.0 Å². The summed E-state index contributed by atoms with van der Waals surface area (Å²) in [4.78, 5) is 17.1. The zero-order chi connectivity index (χ0) is 18.9. The van der Waals surface area contributed by atoms with Gasteiger partial charge in [-0.1, -0.05) is 18.2 Å². The van der Waals surface area contributed by atoms with Gasteiger partial charge in [0.2, 0.25) is 0 Å². The lowest BCUT2D eigenvalue weighted by molar-refractivity contribution is 0.226. The normalized spacial score (nSPS) is 11.1. The number of hydrogen-bond acceptors (Lipinski definition) is 6. The first-order valence-corrected chi connectivity index (χ1v) is 8.99. The number of benzene rings is 1. The van der Waals surface area contributed by atoms with Crippen molar-refractivity contribution in [2.45, 2.75) is 13.1 Å². The number of pyridine rings is 1. The molecule has 140 valence electrons. The quantitative estimate of drug-likeness (QED) is 0.582. The predicted molar refractivity (Wildman–Crippen MR) is 105 cm³/mol. The third-order valence-electron chi connectivity index (χ3n) is 4.05. The Bertz CT molecular complexity index is 811. The lowest BCUT2D eigenvalue weighted by Gasteiger charge is -2.24. The largest absolute Gasteiger partial charge is 0.424 e. The Morgan fingerprint density at radius 3 is 2.37 bits per heavy atom. The zero-order valence-corrected chi connectivity index (χ0v) is 15.8. The van der Waals surface area contributed by atoms with Gasteiger partial charge < -0.3 is 9.64 Å². The third kappa shape index (κ3) is 6.44. The summed E-state index contributed by atoms with van der Waals surface area (Å²) in [5.41, 5.74) is 2.40. The highest BCUT2D eigenvalue weighted by atomic mass is 16.5. The second-order valence-electron chi connectivity index (χ2n) is 6.66. The van der Waals surface area contributed by atoms with E-state index in [4.69, 9.17) is 4.74 Å². The van der Waals surface area contributed by atoms with E-state index in [9.17, 15) is 0 Å². The first kappa shape index (κ1) is 18.9. The second-order valence-corrected chi connectivity index (χ2v) is 6.66. The van der Waals surface area contributed by atoms with E-state index < -0.39 is 0 Å². The molecule has 0 saturated heterocycles. The van der Waals surface area contributed by atoms with Crippen LogP contribution < -0.4 is 4.74 Å². The molecule has 6 heteroatoms. The van der Waals surface area contributed by atoms with Crippen LogP contribution in [0.1, 0.15) is 11.1 Å². The van der Waals surface area contributed by atoms with E-state index >= 15 is 0 Å². The Morgan fingerprint density at radius 1 is 0.852 bits per heavy atom. The minimum absolute atomic E-state index is 0.356. The topological polar surface area (TPSA) is 54.4 Å². The molecule has 6 nitrogen and oxygen atoms in total. The summed E-state index contributed by atoms with van der Waals surface area (Å²) in [6, 6.07) is 14.3. The summed E-state index contributed by atoms with van der Waals surface area (Å²) in [7, 11) is 4.19. The molecule has 3 aromatic rings. The van der Waals surface area contributed by atoms with Gasteiger partial charge in [-0.25, -0.2) is 9.97 Å². The average Bonchev–Trinajstić information content (AvgIpc) is 2.68. The fraction of sp³-hybridized carbons (Fsp3) is 0.286. The molecule has 0 spiro atoms. The zero-order valence-electron chi connectivity index (χ0n) is 15.8. The van der Waals surface area contributed by atoms with Crippen molar-refractivity contribution < 1.29 is 4.74 Å². The Balaban J connectivity index is 1.69. The van der Waals surface area contributed by atoms with Gasteiger partial charge in [0, 0.05) is 51.0 Å². The molecule has 1 aromatic carbocycles. The van der Waals surface area contributed by atoms with Crippen molar-refractivity contribution in [3.05, 3.63) is 78.4 Å². The maximum Gasteiger partial charge on any atom is 0.321 e. The Kier molecular flexibility index (Phi) is 6.84. The summed E-state index contributed by atoms with van der Waals surface area (Å²) in [5, 5.41) is 0. The maximum atomic E-state index is 5.76. The Hall–Kier alpha value is -2.83. The molecule has 2 aromatic heterocycles. The molecule has 0 saturated carbocycles. The van der Waals surface area contributed by atoms with Gasteiger partial charge in [0.25, 0.3) is 0 Å². The highest BCUT2D eigenvalue weighted by Gasteiger charge is 2.09. The molecule has 27 heavy (non-hydrogen) atoms. The smallest absolute Gasteiger partial charge is 0.321 e. The number of hydrogen-bond donors (Lipinski definition) is 0. The molecule has 0 radical (unpaired) electrons. The lowest BCUT2D eigenvalue weighted by atomic mass is 10.2. The van der Waals surface area contributed by atoms with Crippen LogP contribution in [0, 0.1) is 0 Å². The number of aromatic nitrogens is 3. The highest BCUT2D eigenvalue weighted by Crippen LogP contribution is 2.20. The minimum Gasteiger partial charge on any atom is -0.424 e. The van der Waals surface area contributed by atoms with Gasteiger partial charge in [0.15, 0.2) is 0 Å². The monoisotopic (exact) mass is 363 g/mol. The van der Waals surface area contributed by atoms with Crippen LogP contribution in [0.2, 0.25) is 0 Å². The van der Waals surface area contributed by atoms with E-state index in [0.717, 1.165) is 31.9 Å². The number of ether oxygens (including phenoxy) is 1. The highest BCUT2D eigenvalue weighted by molar-refractivity contribution is 5.30. The summed E-state index contributed by atoms with van der Waals surface area (Å²) >= 11 is 0. The second kappa shape index (κ2) is 9.75. The van der Waals surface area contributed by atoms with Gasteiger partial charge in [-0.3, -0.25) is 9.88 Å². The van der Waals surface area contributed by atoms with Crippen molar-refractivity contribution in [2.75, 3.05) is 27.2 Å². The fourth-order valence-corrected chi connectivity index (χ4v) is 2.71.